The van der Waals surface area contributed by atoms with Crippen molar-refractivity contribution in [3.8, 4) is 11.3 Å². The van der Waals surface area contributed by atoms with Crippen molar-refractivity contribution in [2.75, 3.05) is 26.5 Å². The van der Waals surface area contributed by atoms with Crippen molar-refractivity contribution in [2.45, 2.75) is 25.3 Å². The molecule has 0 aliphatic rings. The summed E-state index contributed by atoms with van der Waals surface area (Å²) in [5.41, 5.74) is 6.96. The monoisotopic (exact) mass is 470 g/mol. The molecule has 4 rings (SSSR count). The molecule has 1 aromatic heterocycles. The molecule has 174 valence electrons. The van der Waals surface area contributed by atoms with Crippen molar-refractivity contribution in [3.63, 3.8) is 0 Å². The van der Waals surface area contributed by atoms with Crippen molar-refractivity contribution in [1.82, 2.24) is 9.88 Å². The van der Waals surface area contributed by atoms with Crippen LogP contribution in [-0.2, 0) is 11.3 Å². The van der Waals surface area contributed by atoms with Gasteiger partial charge in [0.1, 0.15) is 0 Å². The Bertz CT molecular complexity index is 1300. The highest BCUT2D eigenvalue weighted by Gasteiger charge is 2.20. The number of pyridine rings is 1. The Balaban J connectivity index is 1.81. The SMILES string of the molecule is COCCN(Cc1cc2ccc(SC)cc2nc1-c1ccccc1C)C(=O)c1ccc(C)cc1. The predicted molar refractivity (Wildman–Crippen MR) is 141 cm³/mol. The zero-order chi connectivity index (χ0) is 24.1. The van der Waals surface area contributed by atoms with E-state index in [-0.39, 0.29) is 5.91 Å². The molecule has 0 fully saturated rings. The molecule has 0 aliphatic heterocycles. The van der Waals surface area contributed by atoms with Gasteiger partial charge in [0.25, 0.3) is 5.91 Å². The summed E-state index contributed by atoms with van der Waals surface area (Å²) in [6.07, 6.45) is 2.07. The van der Waals surface area contributed by atoms with Gasteiger partial charge in [-0.2, -0.15) is 0 Å². The lowest BCUT2D eigenvalue weighted by molar-refractivity contribution is 0.0680. The van der Waals surface area contributed by atoms with Gasteiger partial charge in [-0.15, -0.1) is 11.8 Å². The molecule has 1 amide bonds. The van der Waals surface area contributed by atoms with Gasteiger partial charge in [0.2, 0.25) is 0 Å². The van der Waals surface area contributed by atoms with Gasteiger partial charge in [0.15, 0.2) is 0 Å². The van der Waals surface area contributed by atoms with Crippen LogP contribution in [0.3, 0.4) is 0 Å². The predicted octanol–water partition coefficient (Wildman–Crippen LogP) is 6.53. The van der Waals surface area contributed by atoms with E-state index in [9.17, 15) is 4.79 Å². The van der Waals surface area contributed by atoms with Crippen LogP contribution in [0, 0.1) is 13.8 Å². The van der Waals surface area contributed by atoms with Gasteiger partial charge in [-0.05, 0) is 61.6 Å². The van der Waals surface area contributed by atoms with Crippen LogP contribution in [0.4, 0.5) is 0 Å². The molecule has 4 aromatic rings. The average Bonchev–Trinajstić information content (AvgIpc) is 2.86. The van der Waals surface area contributed by atoms with E-state index in [0.717, 1.165) is 38.9 Å². The number of carbonyl (C=O) groups is 1. The molecule has 3 aromatic carbocycles. The molecule has 0 unspecified atom stereocenters. The van der Waals surface area contributed by atoms with E-state index in [2.05, 4.69) is 49.6 Å². The normalized spacial score (nSPS) is 11.1. The van der Waals surface area contributed by atoms with Crippen LogP contribution in [0.15, 0.2) is 77.7 Å². The second-order valence-corrected chi connectivity index (χ2v) is 9.33. The molecule has 0 atom stereocenters. The van der Waals surface area contributed by atoms with Gasteiger partial charge in [-0.3, -0.25) is 4.79 Å². The molecular formula is C29H30N2O2S. The van der Waals surface area contributed by atoms with Crippen LogP contribution in [0.1, 0.15) is 27.0 Å². The molecule has 0 N–H and O–H groups in total. The van der Waals surface area contributed by atoms with Gasteiger partial charge in [-0.1, -0.05) is 48.0 Å². The first-order chi connectivity index (χ1) is 16.5. The minimum atomic E-state index is -0.00869. The number of hydrogen-bond donors (Lipinski definition) is 0. The quantitative estimate of drug-likeness (QED) is 0.275. The van der Waals surface area contributed by atoms with E-state index < -0.39 is 0 Å². The van der Waals surface area contributed by atoms with Crippen LogP contribution >= 0.6 is 11.8 Å². The molecule has 34 heavy (non-hydrogen) atoms. The lowest BCUT2D eigenvalue weighted by Crippen LogP contribution is -2.33. The summed E-state index contributed by atoms with van der Waals surface area (Å²) in [5.74, 6) is -0.00869. The van der Waals surface area contributed by atoms with Crippen molar-refractivity contribution in [3.05, 3.63) is 95.1 Å². The Labute approximate surface area is 206 Å². The summed E-state index contributed by atoms with van der Waals surface area (Å²) < 4.78 is 5.33. The molecule has 0 radical (unpaired) electrons. The first-order valence-electron chi connectivity index (χ1n) is 11.4. The van der Waals surface area contributed by atoms with Gasteiger partial charge in [0, 0.05) is 41.6 Å². The number of fused-ring (bicyclic) bond motifs is 1. The molecule has 0 bridgehead atoms. The largest absolute Gasteiger partial charge is 0.383 e. The number of aryl methyl sites for hydroxylation is 2. The number of carbonyl (C=O) groups excluding carboxylic acids is 1. The van der Waals surface area contributed by atoms with E-state index in [1.54, 1.807) is 18.9 Å². The number of amides is 1. The number of ether oxygens (including phenoxy) is 1. The number of rotatable bonds is 8. The van der Waals surface area contributed by atoms with Crippen molar-refractivity contribution < 1.29 is 9.53 Å². The summed E-state index contributed by atoms with van der Waals surface area (Å²) in [4.78, 5) is 21.6. The summed E-state index contributed by atoms with van der Waals surface area (Å²) in [6.45, 7) is 5.54. The highest BCUT2D eigenvalue weighted by atomic mass is 32.2. The lowest BCUT2D eigenvalue weighted by atomic mass is 9.99. The maximum absolute atomic E-state index is 13.5. The minimum absolute atomic E-state index is 0.00869. The molecule has 0 spiro atoms. The maximum Gasteiger partial charge on any atom is 0.254 e. The van der Waals surface area contributed by atoms with Crippen molar-refractivity contribution in [2.24, 2.45) is 0 Å². The van der Waals surface area contributed by atoms with E-state index >= 15 is 0 Å². The van der Waals surface area contributed by atoms with Gasteiger partial charge in [-0.25, -0.2) is 4.98 Å². The van der Waals surface area contributed by atoms with Crippen molar-refractivity contribution in [1.29, 1.82) is 0 Å². The number of hydrogen-bond acceptors (Lipinski definition) is 4. The third-order valence-electron chi connectivity index (χ3n) is 6.02. The molecule has 0 saturated carbocycles. The zero-order valence-corrected chi connectivity index (χ0v) is 21.0. The third kappa shape index (κ3) is 5.32. The Kier molecular flexibility index (Phi) is 7.66. The Morgan fingerprint density at radius 2 is 1.76 bits per heavy atom. The maximum atomic E-state index is 13.5. The van der Waals surface area contributed by atoms with Crippen LogP contribution in [0.25, 0.3) is 22.2 Å². The third-order valence-corrected chi connectivity index (χ3v) is 6.74. The summed E-state index contributed by atoms with van der Waals surface area (Å²) in [6, 6.07) is 24.5. The van der Waals surface area contributed by atoms with Gasteiger partial charge >= 0.3 is 0 Å². The topological polar surface area (TPSA) is 42.4 Å². The second kappa shape index (κ2) is 10.9. The summed E-state index contributed by atoms with van der Waals surface area (Å²) in [5, 5.41) is 1.07. The number of nitrogens with zero attached hydrogens (tertiary/aromatic N) is 2. The molecule has 1 heterocycles. The van der Waals surface area contributed by atoms with E-state index in [1.165, 1.54) is 4.90 Å². The van der Waals surface area contributed by atoms with Crippen LogP contribution < -0.4 is 0 Å². The molecule has 4 nitrogen and oxygen atoms in total. The number of benzene rings is 3. The van der Waals surface area contributed by atoms with Crippen molar-refractivity contribution >= 4 is 28.6 Å². The fraction of sp³-hybridized carbons (Fsp3) is 0.241. The molecule has 0 aliphatic carbocycles. The number of thioether (sulfide) groups is 1. The van der Waals surface area contributed by atoms with E-state index in [0.29, 0.717) is 25.3 Å². The first-order valence-corrected chi connectivity index (χ1v) is 12.6. The smallest absolute Gasteiger partial charge is 0.254 e. The second-order valence-electron chi connectivity index (χ2n) is 8.46. The standard InChI is InChI=1S/C29H30N2O2S/c1-20-9-11-22(12-10-20)29(32)31(15-16-33-3)19-24-17-23-13-14-25(34-4)18-27(23)30-28(24)26-8-6-5-7-21(26)2/h5-14,17-18H,15-16,19H2,1-4H3. The van der Waals surface area contributed by atoms with Gasteiger partial charge in [0.05, 0.1) is 17.8 Å². The molecular weight excluding hydrogens is 440 g/mol. The summed E-state index contributed by atoms with van der Waals surface area (Å²) >= 11 is 1.71. The van der Waals surface area contributed by atoms with E-state index in [1.807, 2.05) is 48.2 Å². The molecule has 5 heteroatoms. The lowest BCUT2D eigenvalue weighted by Gasteiger charge is -2.24. The Morgan fingerprint density at radius 3 is 2.47 bits per heavy atom. The fourth-order valence-electron chi connectivity index (χ4n) is 4.05. The zero-order valence-electron chi connectivity index (χ0n) is 20.2. The van der Waals surface area contributed by atoms with Crippen LogP contribution in [-0.4, -0.2) is 42.3 Å². The molecule has 0 saturated heterocycles. The Morgan fingerprint density at radius 1 is 1.00 bits per heavy atom. The highest BCUT2D eigenvalue weighted by Crippen LogP contribution is 2.31. The first kappa shape index (κ1) is 24.0. The fourth-order valence-corrected chi connectivity index (χ4v) is 4.48. The van der Waals surface area contributed by atoms with E-state index in [4.69, 9.17) is 9.72 Å². The van der Waals surface area contributed by atoms with Crippen LogP contribution in [0.5, 0.6) is 0 Å². The Hall–Kier alpha value is -3.15. The highest BCUT2D eigenvalue weighted by molar-refractivity contribution is 7.98. The summed E-state index contributed by atoms with van der Waals surface area (Å²) in [7, 11) is 1.66. The number of aromatic nitrogens is 1. The average molecular weight is 471 g/mol. The van der Waals surface area contributed by atoms with Gasteiger partial charge < -0.3 is 9.64 Å². The van der Waals surface area contributed by atoms with Crippen LogP contribution in [0.2, 0.25) is 0 Å². The number of methoxy groups -OCH3 is 1. The minimum Gasteiger partial charge on any atom is -0.383 e.